The molecule has 5 aliphatic rings. The van der Waals surface area contributed by atoms with E-state index in [1.54, 1.807) is 11.6 Å². The number of hydrogen-bond donors (Lipinski definition) is 2. The van der Waals surface area contributed by atoms with Crippen molar-refractivity contribution in [3.63, 3.8) is 0 Å². The number of piperidine rings is 1. The van der Waals surface area contributed by atoms with Crippen LogP contribution >= 0.6 is 0 Å². The van der Waals surface area contributed by atoms with Crippen molar-refractivity contribution in [1.29, 1.82) is 0 Å². The van der Waals surface area contributed by atoms with Crippen LogP contribution in [0.4, 0.5) is 30.2 Å². The van der Waals surface area contributed by atoms with E-state index in [2.05, 4.69) is 30.3 Å². The summed E-state index contributed by atoms with van der Waals surface area (Å²) in [6, 6.07) is 12.6. The summed E-state index contributed by atoms with van der Waals surface area (Å²) in [5.41, 5.74) is 2.79. The van der Waals surface area contributed by atoms with Crippen molar-refractivity contribution in [1.82, 2.24) is 34.1 Å². The molecule has 18 heteroatoms. The Bertz CT molecular complexity index is 2600. The monoisotopic (exact) mass is 840 g/mol. The number of amides is 3. The Kier molecular flexibility index (Phi) is 9.88. The van der Waals surface area contributed by atoms with Crippen LogP contribution in [0.1, 0.15) is 73.2 Å². The standard InChI is InChI=1S/C43H47F3N10O5/c1-51-39-33(5-3-6-34(39)56(42(51)60)35-12-13-38(57)49-41(35)59)53-16-14-52(15-17-53)21-25-8-10-27(11-9-25)55-22-26-18-32(48-40(58)30-4-2-7-37(47-30)43(44,45)46)36(20-31(26)50-55)54-23-29-19-28(54)24-61-29/h2-7,18,20,22,25,27-29,35H,8-17,19,21,23-24H2,1H3,(H,48,58)(H,49,57,59)/t25?,27?,28-,29-,35?/m1/s1. The van der Waals surface area contributed by atoms with E-state index in [0.717, 1.165) is 98.7 Å². The summed E-state index contributed by atoms with van der Waals surface area (Å²) in [6.07, 6.45) is 2.86. The zero-order valence-electron chi connectivity index (χ0n) is 33.7. The average Bonchev–Trinajstić information content (AvgIpc) is 4.05. The minimum absolute atomic E-state index is 0.0875. The second kappa shape index (κ2) is 15.3. The van der Waals surface area contributed by atoms with Crippen LogP contribution in [0.5, 0.6) is 0 Å². The number of rotatable bonds is 8. The van der Waals surface area contributed by atoms with Crippen molar-refractivity contribution in [2.24, 2.45) is 13.0 Å². The van der Waals surface area contributed by atoms with E-state index in [-0.39, 0.29) is 41.9 Å². The summed E-state index contributed by atoms with van der Waals surface area (Å²) in [6.45, 7) is 5.61. The molecule has 2 aromatic carbocycles. The molecule has 4 saturated heterocycles. The number of anilines is 3. The first-order valence-electron chi connectivity index (χ1n) is 21.2. The average molecular weight is 841 g/mol. The third-order valence-corrected chi connectivity index (χ3v) is 13.4. The molecule has 4 aliphatic heterocycles. The summed E-state index contributed by atoms with van der Waals surface area (Å²) in [4.78, 5) is 62.0. The Hall–Kier alpha value is -5.75. The van der Waals surface area contributed by atoms with E-state index in [0.29, 0.717) is 36.7 Å². The highest BCUT2D eigenvalue weighted by Crippen LogP contribution is 2.41. The van der Waals surface area contributed by atoms with Crippen LogP contribution in [0.3, 0.4) is 0 Å². The highest BCUT2D eigenvalue weighted by molar-refractivity contribution is 6.06. The first-order chi connectivity index (χ1) is 29.4. The second-order valence-corrected chi connectivity index (χ2v) is 17.2. The van der Waals surface area contributed by atoms with Gasteiger partial charge in [-0.2, -0.15) is 18.3 Å². The van der Waals surface area contributed by atoms with Gasteiger partial charge < -0.3 is 19.9 Å². The SMILES string of the molecule is Cn1c(=O)n(C2CCC(=O)NC2=O)c2cccc(N3CCN(CC4CCC(n5cc6cc(NC(=O)c7cccc(C(F)(F)F)n7)c(N7C[C@H]8C[C@@H]7CO8)cc6n5)CC4)CC3)c21. The number of pyridine rings is 1. The first kappa shape index (κ1) is 39.4. The highest BCUT2D eigenvalue weighted by atomic mass is 19.4. The number of nitrogens with zero attached hydrogens (tertiary/aromatic N) is 8. The predicted molar refractivity (Wildman–Crippen MR) is 221 cm³/mol. The molecule has 10 rings (SSSR count). The van der Waals surface area contributed by atoms with E-state index in [1.165, 1.54) is 16.7 Å². The van der Waals surface area contributed by atoms with Gasteiger partial charge in [0.25, 0.3) is 5.91 Å². The maximum atomic E-state index is 13.5. The van der Waals surface area contributed by atoms with Crippen molar-refractivity contribution in [3.8, 4) is 0 Å². The minimum atomic E-state index is -4.67. The number of halogens is 3. The van der Waals surface area contributed by atoms with Gasteiger partial charge in [0.15, 0.2) is 0 Å². The number of carbonyl (C=O) groups excluding carboxylic acids is 3. The molecule has 2 N–H and O–H groups in total. The molecule has 2 bridgehead atoms. The molecule has 1 aliphatic carbocycles. The van der Waals surface area contributed by atoms with Crippen LogP contribution in [0.2, 0.25) is 0 Å². The normalized spacial score (nSPS) is 24.9. The number of imidazole rings is 1. The number of hydrogen-bond acceptors (Lipinski definition) is 10. The number of nitrogens with one attached hydrogen (secondary N) is 2. The molecule has 61 heavy (non-hydrogen) atoms. The van der Waals surface area contributed by atoms with Gasteiger partial charge in [0, 0.05) is 64.3 Å². The molecule has 1 unspecified atom stereocenters. The van der Waals surface area contributed by atoms with Crippen molar-refractivity contribution in [2.75, 3.05) is 61.0 Å². The highest BCUT2D eigenvalue weighted by Gasteiger charge is 2.41. The quantitative estimate of drug-likeness (QED) is 0.207. The topological polar surface area (TPSA) is 152 Å². The Labute approximate surface area is 348 Å². The largest absolute Gasteiger partial charge is 0.433 e. The molecule has 1 saturated carbocycles. The molecule has 320 valence electrons. The number of fused-ring (bicyclic) bond motifs is 4. The summed E-state index contributed by atoms with van der Waals surface area (Å²) in [7, 11) is 1.74. The van der Waals surface area contributed by atoms with Gasteiger partial charge in [0.1, 0.15) is 17.4 Å². The number of piperazine rings is 1. The van der Waals surface area contributed by atoms with Gasteiger partial charge in [-0.1, -0.05) is 12.1 Å². The van der Waals surface area contributed by atoms with Crippen molar-refractivity contribution in [2.45, 2.75) is 75.4 Å². The lowest BCUT2D eigenvalue weighted by molar-refractivity contribution is -0.141. The number of aryl methyl sites for hydroxylation is 1. The summed E-state index contributed by atoms with van der Waals surface area (Å²) in [5.74, 6) is -0.928. The predicted octanol–water partition coefficient (Wildman–Crippen LogP) is 4.86. The molecule has 3 aromatic heterocycles. The fraction of sp³-hybridized carbons (Fsp3) is 0.488. The number of ether oxygens (including phenoxy) is 1. The lowest BCUT2D eigenvalue weighted by Gasteiger charge is -2.39. The lowest BCUT2D eigenvalue weighted by Crippen LogP contribution is -2.48. The number of imide groups is 1. The van der Waals surface area contributed by atoms with Crippen LogP contribution in [0.15, 0.2) is 59.5 Å². The molecule has 5 fully saturated rings. The molecule has 0 spiro atoms. The number of benzene rings is 2. The Morgan fingerprint density at radius 3 is 2.46 bits per heavy atom. The van der Waals surface area contributed by atoms with Crippen LogP contribution < -0.4 is 26.1 Å². The van der Waals surface area contributed by atoms with Gasteiger partial charge in [-0.3, -0.25) is 38.4 Å². The third-order valence-electron chi connectivity index (χ3n) is 13.4. The molecular weight excluding hydrogens is 794 g/mol. The number of para-hydroxylation sites is 1. The van der Waals surface area contributed by atoms with Gasteiger partial charge in [-0.15, -0.1) is 0 Å². The number of alkyl halides is 3. The maximum Gasteiger partial charge on any atom is 0.433 e. The molecule has 15 nitrogen and oxygen atoms in total. The van der Waals surface area contributed by atoms with Gasteiger partial charge in [0.2, 0.25) is 11.8 Å². The molecule has 0 radical (unpaired) electrons. The smallest absolute Gasteiger partial charge is 0.374 e. The van der Waals surface area contributed by atoms with Gasteiger partial charge >= 0.3 is 11.9 Å². The Morgan fingerprint density at radius 2 is 1.74 bits per heavy atom. The van der Waals surface area contributed by atoms with Crippen molar-refractivity contribution in [3.05, 3.63) is 76.6 Å². The van der Waals surface area contributed by atoms with Crippen molar-refractivity contribution < 1.29 is 32.3 Å². The third kappa shape index (κ3) is 7.32. The fourth-order valence-electron chi connectivity index (χ4n) is 10.2. The lowest BCUT2D eigenvalue weighted by atomic mass is 9.85. The van der Waals surface area contributed by atoms with Gasteiger partial charge in [0.05, 0.1) is 58.4 Å². The molecule has 7 heterocycles. The summed E-state index contributed by atoms with van der Waals surface area (Å²) >= 11 is 0. The molecule has 3 atom stereocenters. The minimum Gasteiger partial charge on any atom is -0.374 e. The van der Waals surface area contributed by atoms with Crippen LogP contribution in [0, 0.1) is 5.92 Å². The Balaban J connectivity index is 0.793. The van der Waals surface area contributed by atoms with Gasteiger partial charge in [-0.05, 0) is 80.8 Å². The molecule has 5 aromatic rings. The Morgan fingerprint density at radius 1 is 0.951 bits per heavy atom. The van der Waals surface area contributed by atoms with Crippen molar-refractivity contribution >= 4 is 56.7 Å². The van der Waals surface area contributed by atoms with E-state index in [1.807, 2.05) is 41.2 Å². The molecular formula is C43H47F3N10O5. The van der Waals surface area contributed by atoms with Crippen LogP contribution in [0.25, 0.3) is 21.9 Å². The van der Waals surface area contributed by atoms with E-state index in [9.17, 15) is 32.3 Å². The zero-order valence-corrected chi connectivity index (χ0v) is 33.7. The maximum absolute atomic E-state index is 13.5. The first-order valence-corrected chi connectivity index (χ1v) is 21.2. The van der Waals surface area contributed by atoms with E-state index in [4.69, 9.17) is 9.84 Å². The number of morpholine rings is 1. The zero-order chi connectivity index (χ0) is 42.2. The fourth-order valence-corrected chi connectivity index (χ4v) is 10.2. The molecule has 3 amide bonds. The van der Waals surface area contributed by atoms with Crippen LogP contribution in [-0.2, 0) is 27.5 Å². The summed E-state index contributed by atoms with van der Waals surface area (Å²) < 4.78 is 51.3. The van der Waals surface area contributed by atoms with Crippen LogP contribution in [-0.4, -0.2) is 105 Å². The second-order valence-electron chi connectivity index (χ2n) is 17.2. The number of carbonyl (C=O) groups is 3. The summed E-state index contributed by atoms with van der Waals surface area (Å²) in [5, 5.41) is 11.1. The van der Waals surface area contributed by atoms with E-state index < -0.39 is 29.7 Å². The van der Waals surface area contributed by atoms with E-state index >= 15 is 0 Å². The number of aromatic nitrogens is 5. The van der Waals surface area contributed by atoms with Gasteiger partial charge in [-0.25, -0.2) is 9.78 Å².